The maximum Gasteiger partial charge on any atom is 0.313 e. The summed E-state index contributed by atoms with van der Waals surface area (Å²) in [6.45, 7) is 0.176. The van der Waals surface area contributed by atoms with E-state index in [1.54, 1.807) is 0 Å². The number of nitrogens with one attached hydrogen (secondary N) is 1. The van der Waals surface area contributed by atoms with Gasteiger partial charge in [-0.3, -0.25) is 0 Å². The zero-order chi connectivity index (χ0) is 5.70. The quantitative estimate of drug-likeness (QED) is 0.453. The molecule has 0 aliphatic carbocycles. The molecule has 0 fully saturated rings. The molecule has 7 heavy (non-hydrogen) atoms. The van der Waals surface area contributed by atoms with Gasteiger partial charge in [-0.1, -0.05) is 0 Å². The molecular weight excluding hydrogens is 96.0 g/mol. The Morgan fingerprint density at radius 1 is 2.00 bits per heavy atom. The van der Waals surface area contributed by atoms with Gasteiger partial charge in [0.05, 0.1) is 0 Å². The average molecular weight is 104 g/mol. The average Bonchev–Trinajstić information content (AvgIpc) is 1.61. The minimum absolute atomic E-state index is 0.176. The standard InChI is InChI=1S/C3H8N2O2/c1-7-2-5-3(4)6/h2H2,1H3,(H3,4,5,6). The number of amides is 2. The molecule has 0 aromatic carbocycles. The lowest BCUT2D eigenvalue weighted by Crippen LogP contribution is -2.30. The minimum Gasteiger partial charge on any atom is -0.364 e. The highest BCUT2D eigenvalue weighted by atomic mass is 16.5. The third-order valence-corrected chi connectivity index (χ3v) is 0.391. The van der Waals surface area contributed by atoms with Crippen molar-refractivity contribution in [2.24, 2.45) is 5.73 Å². The van der Waals surface area contributed by atoms with Crippen LogP contribution in [0.5, 0.6) is 0 Å². The van der Waals surface area contributed by atoms with Crippen LogP contribution in [0.4, 0.5) is 4.79 Å². The molecule has 0 radical (unpaired) electrons. The van der Waals surface area contributed by atoms with Crippen molar-refractivity contribution in [2.45, 2.75) is 0 Å². The molecule has 0 aromatic rings. The number of nitrogens with two attached hydrogens (primary N) is 1. The second-order valence-electron chi connectivity index (χ2n) is 0.974. The van der Waals surface area contributed by atoms with Gasteiger partial charge in [0.15, 0.2) is 0 Å². The van der Waals surface area contributed by atoms with E-state index in [0.29, 0.717) is 0 Å². The molecule has 0 saturated heterocycles. The second-order valence-corrected chi connectivity index (χ2v) is 0.974. The topological polar surface area (TPSA) is 64.3 Å². The van der Waals surface area contributed by atoms with E-state index in [1.165, 1.54) is 7.11 Å². The highest BCUT2D eigenvalue weighted by molar-refractivity contribution is 5.71. The predicted molar refractivity (Wildman–Crippen MR) is 24.6 cm³/mol. The van der Waals surface area contributed by atoms with Crippen LogP contribution in [-0.4, -0.2) is 19.9 Å². The molecular formula is C3H8N2O2. The molecule has 0 saturated carbocycles. The molecule has 3 N–H and O–H groups in total. The van der Waals surface area contributed by atoms with E-state index in [9.17, 15) is 4.79 Å². The van der Waals surface area contributed by atoms with Crippen LogP contribution < -0.4 is 11.1 Å². The maximum absolute atomic E-state index is 9.79. The van der Waals surface area contributed by atoms with Crippen LogP contribution >= 0.6 is 0 Å². The SMILES string of the molecule is COCNC(N)=O. The van der Waals surface area contributed by atoms with Gasteiger partial charge in [-0.05, 0) is 0 Å². The van der Waals surface area contributed by atoms with Crippen molar-refractivity contribution in [3.63, 3.8) is 0 Å². The van der Waals surface area contributed by atoms with Gasteiger partial charge >= 0.3 is 6.03 Å². The van der Waals surface area contributed by atoms with Crippen LogP contribution in [0.1, 0.15) is 0 Å². The summed E-state index contributed by atoms with van der Waals surface area (Å²) in [5.74, 6) is 0. The molecule has 0 spiro atoms. The highest BCUT2D eigenvalue weighted by Crippen LogP contribution is 1.56. The van der Waals surface area contributed by atoms with E-state index in [1.807, 2.05) is 0 Å². The second kappa shape index (κ2) is 3.42. The molecule has 0 aliphatic heterocycles. The van der Waals surface area contributed by atoms with Crippen molar-refractivity contribution in [1.82, 2.24) is 5.32 Å². The Morgan fingerprint density at radius 3 is 2.71 bits per heavy atom. The van der Waals surface area contributed by atoms with Gasteiger partial charge in [0.2, 0.25) is 0 Å². The Kier molecular flexibility index (Phi) is 3.04. The fourth-order valence-electron chi connectivity index (χ4n) is 0.143. The fraction of sp³-hybridized carbons (Fsp3) is 0.667. The van der Waals surface area contributed by atoms with Gasteiger partial charge in [-0.2, -0.15) is 0 Å². The van der Waals surface area contributed by atoms with Crippen LogP contribution in [0.2, 0.25) is 0 Å². The summed E-state index contributed by atoms with van der Waals surface area (Å²) in [4.78, 5) is 9.79. The minimum atomic E-state index is -0.568. The first-order valence-electron chi connectivity index (χ1n) is 1.79. The van der Waals surface area contributed by atoms with Crippen molar-refractivity contribution in [3.05, 3.63) is 0 Å². The molecule has 2 amide bonds. The summed E-state index contributed by atoms with van der Waals surface area (Å²) in [6.07, 6.45) is 0. The molecule has 0 bridgehead atoms. The molecule has 0 unspecified atom stereocenters. The van der Waals surface area contributed by atoms with Gasteiger partial charge in [0, 0.05) is 7.11 Å². The molecule has 0 rings (SSSR count). The lowest BCUT2D eigenvalue weighted by Gasteiger charge is -1.94. The normalized spacial score (nSPS) is 8.14. The van der Waals surface area contributed by atoms with Gasteiger partial charge in [0.25, 0.3) is 0 Å². The number of carbonyl (C=O) groups is 1. The van der Waals surface area contributed by atoms with Crippen molar-refractivity contribution in [2.75, 3.05) is 13.8 Å². The van der Waals surface area contributed by atoms with Crippen LogP contribution in [0.15, 0.2) is 0 Å². The van der Waals surface area contributed by atoms with Crippen molar-refractivity contribution >= 4 is 6.03 Å². The van der Waals surface area contributed by atoms with Crippen molar-refractivity contribution in [3.8, 4) is 0 Å². The van der Waals surface area contributed by atoms with Crippen molar-refractivity contribution < 1.29 is 9.53 Å². The van der Waals surface area contributed by atoms with E-state index in [4.69, 9.17) is 0 Å². The Bertz CT molecular complexity index is 64.0. The summed E-state index contributed by atoms with van der Waals surface area (Å²) < 4.78 is 4.44. The van der Waals surface area contributed by atoms with E-state index < -0.39 is 6.03 Å². The van der Waals surface area contributed by atoms with E-state index >= 15 is 0 Å². The number of urea groups is 1. The molecule has 0 aliphatic rings. The predicted octanol–water partition coefficient (Wildman–Crippen LogP) is -0.741. The largest absolute Gasteiger partial charge is 0.364 e. The van der Waals surface area contributed by atoms with Crippen molar-refractivity contribution in [1.29, 1.82) is 0 Å². The molecule has 0 heterocycles. The lowest BCUT2D eigenvalue weighted by molar-refractivity contribution is 0.175. The molecule has 42 valence electrons. The molecule has 0 aromatic heterocycles. The summed E-state index contributed by atoms with van der Waals surface area (Å²) >= 11 is 0. The Balaban J connectivity index is 2.82. The van der Waals surface area contributed by atoms with E-state index in [2.05, 4.69) is 15.8 Å². The Labute approximate surface area is 41.6 Å². The number of hydrogen-bond acceptors (Lipinski definition) is 2. The number of carbonyl (C=O) groups excluding carboxylic acids is 1. The number of rotatable bonds is 2. The van der Waals surface area contributed by atoms with E-state index in [0.717, 1.165) is 0 Å². The summed E-state index contributed by atoms with van der Waals surface area (Å²) in [6, 6.07) is -0.568. The fourth-order valence-corrected chi connectivity index (χ4v) is 0.143. The zero-order valence-electron chi connectivity index (χ0n) is 4.10. The van der Waals surface area contributed by atoms with Crippen LogP contribution in [0, 0.1) is 0 Å². The third-order valence-electron chi connectivity index (χ3n) is 0.391. The third kappa shape index (κ3) is 5.23. The van der Waals surface area contributed by atoms with Gasteiger partial charge in [-0.25, -0.2) is 4.79 Å². The Morgan fingerprint density at radius 2 is 2.57 bits per heavy atom. The zero-order valence-corrected chi connectivity index (χ0v) is 4.10. The van der Waals surface area contributed by atoms with Crippen LogP contribution in [-0.2, 0) is 4.74 Å². The number of primary amides is 1. The molecule has 0 atom stereocenters. The first-order chi connectivity index (χ1) is 3.27. The maximum atomic E-state index is 9.79. The lowest BCUT2D eigenvalue weighted by atomic mass is 11.0. The monoisotopic (exact) mass is 104 g/mol. The first kappa shape index (κ1) is 6.23. The van der Waals surface area contributed by atoms with Gasteiger partial charge < -0.3 is 15.8 Å². The first-order valence-corrected chi connectivity index (χ1v) is 1.79. The number of methoxy groups -OCH3 is 1. The summed E-state index contributed by atoms with van der Waals surface area (Å²) in [5, 5.41) is 2.21. The Hall–Kier alpha value is -0.770. The smallest absolute Gasteiger partial charge is 0.313 e. The van der Waals surface area contributed by atoms with E-state index in [-0.39, 0.29) is 6.73 Å². The van der Waals surface area contributed by atoms with Gasteiger partial charge in [0.1, 0.15) is 6.73 Å². The van der Waals surface area contributed by atoms with Gasteiger partial charge in [-0.15, -0.1) is 0 Å². The molecule has 4 nitrogen and oxygen atoms in total. The number of hydrogen-bond donors (Lipinski definition) is 2. The summed E-state index contributed by atoms with van der Waals surface area (Å²) in [5.41, 5.74) is 4.65. The summed E-state index contributed by atoms with van der Waals surface area (Å²) in [7, 11) is 1.47. The molecule has 4 heteroatoms. The van der Waals surface area contributed by atoms with Crippen LogP contribution in [0.3, 0.4) is 0 Å². The number of ether oxygens (including phenoxy) is 1. The highest BCUT2D eigenvalue weighted by Gasteiger charge is 1.83. The van der Waals surface area contributed by atoms with Crippen LogP contribution in [0.25, 0.3) is 0 Å².